The average molecular weight is 782 g/mol. The molecule has 0 rings (SSSR count). The fraction of sp³-hybridized carbons (Fsp3) is 0.773. The predicted octanol–water partition coefficient (Wildman–Crippen LogP) is 11.3. The molecule has 0 aliphatic carbocycles. The minimum absolute atomic E-state index is 0.0413. The molecule has 0 aliphatic heterocycles. The van der Waals surface area contributed by atoms with Crippen molar-refractivity contribution < 1.29 is 42.1 Å². The van der Waals surface area contributed by atoms with Crippen LogP contribution in [-0.4, -0.2) is 70.0 Å². The van der Waals surface area contributed by atoms with Crippen molar-refractivity contribution in [3.8, 4) is 0 Å². The van der Waals surface area contributed by atoms with Gasteiger partial charge in [-0.3, -0.25) is 14.2 Å². The van der Waals surface area contributed by atoms with Crippen LogP contribution in [0.2, 0.25) is 0 Å². The van der Waals surface area contributed by atoms with Gasteiger partial charge in [0.15, 0.2) is 6.10 Å². The van der Waals surface area contributed by atoms with E-state index in [0.29, 0.717) is 23.9 Å². The number of phosphoric acid groups is 1. The van der Waals surface area contributed by atoms with Gasteiger partial charge in [0.25, 0.3) is 7.82 Å². The van der Waals surface area contributed by atoms with Crippen molar-refractivity contribution in [2.45, 2.75) is 174 Å². The molecule has 314 valence electrons. The fourth-order valence-corrected chi connectivity index (χ4v) is 6.20. The molecule has 0 spiro atoms. The summed E-state index contributed by atoms with van der Waals surface area (Å²) in [7, 11) is 1.13. The summed E-state index contributed by atoms with van der Waals surface area (Å²) in [5.74, 6) is -0.900. The summed E-state index contributed by atoms with van der Waals surface area (Å²) >= 11 is 0. The Labute approximate surface area is 331 Å². The molecular formula is C44H80NO8P. The molecule has 0 saturated heterocycles. The number of carbonyl (C=O) groups is 2. The molecule has 0 bridgehead atoms. The molecule has 0 aromatic rings. The van der Waals surface area contributed by atoms with Gasteiger partial charge in [0.2, 0.25) is 0 Å². The van der Waals surface area contributed by atoms with E-state index in [-0.39, 0.29) is 26.1 Å². The molecule has 9 nitrogen and oxygen atoms in total. The second-order valence-electron chi connectivity index (χ2n) is 15.4. The molecular weight excluding hydrogens is 701 g/mol. The van der Waals surface area contributed by atoms with E-state index >= 15 is 0 Å². The summed E-state index contributed by atoms with van der Waals surface area (Å²) in [5.41, 5.74) is 0. The Balaban J connectivity index is 4.49. The summed E-state index contributed by atoms with van der Waals surface area (Å²) in [6.45, 7) is 4.12. The Hall–Kier alpha value is -2.03. The number of phosphoric ester groups is 1. The molecule has 0 amide bonds. The van der Waals surface area contributed by atoms with Gasteiger partial charge in [0, 0.05) is 12.8 Å². The van der Waals surface area contributed by atoms with E-state index in [9.17, 15) is 19.0 Å². The number of allylic oxidation sites excluding steroid dienone is 8. The van der Waals surface area contributed by atoms with Gasteiger partial charge in [-0.15, -0.1) is 0 Å². The van der Waals surface area contributed by atoms with Crippen molar-refractivity contribution in [2.24, 2.45) is 0 Å². The molecule has 0 aromatic carbocycles. The van der Waals surface area contributed by atoms with Crippen LogP contribution in [0.15, 0.2) is 48.6 Å². The van der Waals surface area contributed by atoms with Crippen LogP contribution in [0.3, 0.4) is 0 Å². The SMILES string of the molecule is CCCCC/C=C\C/C=C\C/C=C\C/C=C\CCCC(=O)OC(COC(=O)CCCCCCCCCCCCCCC)COP(=O)([O-])OCC[N+](C)(C)C. The third-order valence-electron chi connectivity index (χ3n) is 8.85. The monoisotopic (exact) mass is 782 g/mol. The highest BCUT2D eigenvalue weighted by Crippen LogP contribution is 2.38. The second kappa shape index (κ2) is 36.6. The number of carbonyl (C=O) groups excluding carboxylic acids is 2. The topological polar surface area (TPSA) is 111 Å². The minimum atomic E-state index is -4.64. The maximum atomic E-state index is 12.6. The lowest BCUT2D eigenvalue weighted by molar-refractivity contribution is -0.870. The molecule has 0 saturated carbocycles. The van der Waals surface area contributed by atoms with Crippen LogP contribution in [0, 0.1) is 0 Å². The number of esters is 2. The maximum Gasteiger partial charge on any atom is 0.306 e. The summed E-state index contributed by atoms with van der Waals surface area (Å²) in [6, 6.07) is 0. The van der Waals surface area contributed by atoms with E-state index in [1.165, 1.54) is 89.9 Å². The highest BCUT2D eigenvalue weighted by atomic mass is 31.2. The van der Waals surface area contributed by atoms with Crippen molar-refractivity contribution in [3.05, 3.63) is 48.6 Å². The first-order valence-electron chi connectivity index (χ1n) is 21.3. The van der Waals surface area contributed by atoms with E-state index in [4.69, 9.17) is 18.5 Å². The summed E-state index contributed by atoms with van der Waals surface area (Å²) in [6.07, 6.45) is 41.4. The molecule has 0 heterocycles. The van der Waals surface area contributed by atoms with Gasteiger partial charge in [-0.2, -0.15) is 0 Å². The number of rotatable bonds is 38. The number of hydrogen-bond donors (Lipinski definition) is 0. The Morgan fingerprint density at radius 1 is 0.574 bits per heavy atom. The Morgan fingerprint density at radius 2 is 1.02 bits per heavy atom. The van der Waals surface area contributed by atoms with Gasteiger partial charge in [-0.25, -0.2) is 0 Å². The number of unbranched alkanes of at least 4 members (excludes halogenated alkanes) is 16. The van der Waals surface area contributed by atoms with Gasteiger partial charge in [0.05, 0.1) is 27.7 Å². The van der Waals surface area contributed by atoms with E-state index in [0.717, 1.165) is 38.5 Å². The molecule has 0 N–H and O–H groups in total. The third kappa shape index (κ3) is 39.7. The molecule has 10 heteroatoms. The first-order chi connectivity index (χ1) is 26.0. The van der Waals surface area contributed by atoms with Crippen LogP contribution >= 0.6 is 7.82 Å². The van der Waals surface area contributed by atoms with Crippen molar-refractivity contribution in [1.29, 1.82) is 0 Å². The van der Waals surface area contributed by atoms with Crippen LogP contribution in [0.5, 0.6) is 0 Å². The first-order valence-corrected chi connectivity index (χ1v) is 22.8. The average Bonchev–Trinajstić information content (AvgIpc) is 3.12. The van der Waals surface area contributed by atoms with Crippen LogP contribution in [-0.2, 0) is 32.7 Å². The van der Waals surface area contributed by atoms with E-state index in [2.05, 4.69) is 56.4 Å². The number of ether oxygens (including phenoxy) is 2. The van der Waals surface area contributed by atoms with Crippen molar-refractivity contribution in [2.75, 3.05) is 47.5 Å². The van der Waals surface area contributed by atoms with Crippen LogP contribution < -0.4 is 4.89 Å². The quantitative estimate of drug-likeness (QED) is 0.0200. The smallest absolute Gasteiger partial charge is 0.306 e. The summed E-state index contributed by atoms with van der Waals surface area (Å²) < 4.78 is 33.8. The highest BCUT2D eigenvalue weighted by Gasteiger charge is 2.21. The van der Waals surface area contributed by atoms with Crippen molar-refractivity contribution in [3.63, 3.8) is 0 Å². The lowest BCUT2D eigenvalue weighted by Gasteiger charge is -2.28. The number of quaternary nitrogens is 1. The summed E-state index contributed by atoms with van der Waals surface area (Å²) in [4.78, 5) is 37.4. The zero-order valence-electron chi connectivity index (χ0n) is 35.2. The van der Waals surface area contributed by atoms with Crippen molar-refractivity contribution in [1.82, 2.24) is 0 Å². The first kappa shape index (κ1) is 52.0. The number of likely N-dealkylation sites (N-methyl/N-ethyl adjacent to an activating group) is 1. The van der Waals surface area contributed by atoms with Crippen LogP contribution in [0.25, 0.3) is 0 Å². The number of nitrogens with zero attached hydrogens (tertiary/aromatic N) is 1. The second-order valence-corrected chi connectivity index (χ2v) is 16.8. The van der Waals surface area contributed by atoms with Gasteiger partial charge >= 0.3 is 11.9 Å². The maximum absolute atomic E-state index is 12.6. The largest absolute Gasteiger partial charge is 0.756 e. The molecule has 0 radical (unpaired) electrons. The molecule has 2 atom stereocenters. The van der Waals surface area contributed by atoms with Gasteiger partial charge in [-0.1, -0.05) is 152 Å². The predicted molar refractivity (Wildman–Crippen MR) is 222 cm³/mol. The highest BCUT2D eigenvalue weighted by molar-refractivity contribution is 7.45. The Morgan fingerprint density at radius 3 is 1.54 bits per heavy atom. The number of hydrogen-bond acceptors (Lipinski definition) is 8. The van der Waals surface area contributed by atoms with Crippen LogP contribution in [0.4, 0.5) is 0 Å². The fourth-order valence-electron chi connectivity index (χ4n) is 5.47. The van der Waals surface area contributed by atoms with E-state index in [1.54, 1.807) is 0 Å². The normalized spacial score (nSPS) is 14.1. The molecule has 0 aliphatic rings. The zero-order valence-corrected chi connectivity index (χ0v) is 36.0. The lowest BCUT2D eigenvalue weighted by Crippen LogP contribution is -2.37. The van der Waals surface area contributed by atoms with Gasteiger partial charge in [0.1, 0.15) is 19.8 Å². The molecule has 0 fully saturated rings. The minimum Gasteiger partial charge on any atom is -0.756 e. The standard InChI is InChI=1S/C44H80NO8P/c1-6-8-10-12-14-16-18-20-21-22-23-25-27-29-31-33-35-37-44(47)53-42(41-52-54(48,49)51-39-38-45(3,4)5)40-50-43(46)36-34-32-30-28-26-24-19-17-15-13-11-9-7-2/h14,16,20-21,23,25,29,31,42H,6-13,15,17-19,22,24,26-28,30,32-41H2,1-5H3/b16-14-,21-20-,25-23-,31-29-. The summed E-state index contributed by atoms with van der Waals surface area (Å²) in [5, 5.41) is 0. The molecule has 0 aromatic heterocycles. The molecule has 2 unspecified atom stereocenters. The van der Waals surface area contributed by atoms with Crippen LogP contribution in [0.1, 0.15) is 168 Å². The van der Waals surface area contributed by atoms with Crippen molar-refractivity contribution >= 4 is 19.8 Å². The van der Waals surface area contributed by atoms with E-state index in [1.807, 2.05) is 27.2 Å². The Kier molecular flexibility index (Phi) is 35.2. The third-order valence-corrected chi connectivity index (χ3v) is 9.82. The lowest BCUT2D eigenvalue weighted by atomic mass is 10.0. The van der Waals surface area contributed by atoms with Gasteiger partial charge < -0.3 is 27.9 Å². The zero-order chi connectivity index (χ0) is 40.0. The molecule has 54 heavy (non-hydrogen) atoms. The van der Waals surface area contributed by atoms with Gasteiger partial charge in [-0.05, 0) is 51.4 Å². The van der Waals surface area contributed by atoms with E-state index < -0.39 is 32.5 Å². The Bertz CT molecular complexity index is 1070.